The summed E-state index contributed by atoms with van der Waals surface area (Å²) in [5.74, 6) is 0.520. The van der Waals surface area contributed by atoms with Gasteiger partial charge in [-0.15, -0.1) is 0 Å². The van der Waals surface area contributed by atoms with Crippen molar-refractivity contribution in [3.8, 4) is 67.5 Å². The van der Waals surface area contributed by atoms with E-state index in [0.29, 0.717) is 39.2 Å². The molecule has 0 aliphatic rings. The number of aromatic nitrogens is 3. The minimum absolute atomic E-state index is 0.0723. The number of para-hydroxylation sites is 1. The van der Waals surface area contributed by atoms with Crippen molar-refractivity contribution in [3.05, 3.63) is 167 Å². The van der Waals surface area contributed by atoms with Gasteiger partial charge in [0.2, 0.25) is 0 Å². The van der Waals surface area contributed by atoms with E-state index in [0.717, 1.165) is 55.8 Å². The molecule has 8 aromatic rings. The van der Waals surface area contributed by atoms with Crippen LogP contribution in [0.25, 0.3) is 72.7 Å². The largest absolute Gasteiger partial charge is 0.507 e. The summed E-state index contributed by atoms with van der Waals surface area (Å²) in [6.45, 7) is 31.2. The van der Waals surface area contributed by atoms with E-state index >= 15 is 0 Å². The Bertz CT molecular complexity index is 3470. The van der Waals surface area contributed by atoms with Crippen LogP contribution in [0.2, 0.25) is 0 Å². The maximum absolute atomic E-state index is 12.6. The molecule has 0 amide bonds. The Labute approximate surface area is 411 Å². The van der Waals surface area contributed by atoms with E-state index in [2.05, 4.69) is 119 Å². The van der Waals surface area contributed by atoms with E-state index in [-0.39, 0.29) is 39.6 Å². The zero-order valence-electron chi connectivity index (χ0n) is 49.2. The molecular weight excluding hydrogens is 815 g/mol. The average molecular weight is 893 g/mol. The first-order valence-corrected chi connectivity index (χ1v) is 23.5. The number of hydrogen-bond acceptors (Lipinski definition) is 3. The highest BCUT2D eigenvalue weighted by Gasteiger charge is 2.30. The number of imidazole rings is 1. The second-order valence-electron chi connectivity index (χ2n) is 23.3. The molecule has 4 heteroatoms. The first-order chi connectivity index (χ1) is 34.1. The number of benzene rings is 6. The molecule has 0 spiro atoms. The number of nitrogens with zero attached hydrogens (tertiary/aromatic N) is 3. The normalized spacial score (nSPS) is 14.5. The second kappa shape index (κ2) is 17.1. The van der Waals surface area contributed by atoms with Gasteiger partial charge in [-0.1, -0.05) is 189 Å². The van der Waals surface area contributed by atoms with Gasteiger partial charge >= 0.3 is 0 Å². The van der Waals surface area contributed by atoms with Gasteiger partial charge < -0.3 is 5.11 Å². The minimum Gasteiger partial charge on any atom is -0.507 e. The molecule has 0 bridgehead atoms. The Balaban J connectivity index is 1.45. The van der Waals surface area contributed by atoms with Crippen molar-refractivity contribution < 1.29 is 14.7 Å². The number of hydrogen-bond donors (Lipinski definition) is 1. The van der Waals surface area contributed by atoms with Gasteiger partial charge in [-0.05, 0) is 126 Å². The molecule has 0 atom stereocenters. The summed E-state index contributed by atoms with van der Waals surface area (Å²) in [5.41, 5.74) is 10.5. The summed E-state index contributed by atoms with van der Waals surface area (Å²) < 4.78 is 64.4. The topological polar surface area (TPSA) is 50.9 Å². The van der Waals surface area contributed by atoms with Crippen LogP contribution in [0, 0.1) is 5.41 Å². The Morgan fingerprint density at radius 1 is 0.537 bits per heavy atom. The van der Waals surface area contributed by atoms with Crippen molar-refractivity contribution in [1.82, 2.24) is 14.5 Å². The summed E-state index contributed by atoms with van der Waals surface area (Å²) in [7, 11) is 0. The molecule has 4 nitrogen and oxygen atoms in total. The van der Waals surface area contributed by atoms with E-state index in [9.17, 15) is 7.85 Å². The van der Waals surface area contributed by atoms with Gasteiger partial charge in [0, 0.05) is 31.2 Å². The maximum Gasteiger partial charge on any atom is 0.149 e. The Kier molecular flexibility index (Phi) is 9.91. The molecule has 1 N–H and O–H groups in total. The lowest BCUT2D eigenvalue weighted by Crippen LogP contribution is -2.17. The van der Waals surface area contributed by atoms with Gasteiger partial charge in [0.15, 0.2) is 0 Å². The molecule has 8 rings (SSSR count). The van der Waals surface area contributed by atoms with Gasteiger partial charge in [-0.3, -0.25) is 9.55 Å². The standard InChI is InChI=1S/C63H71N3O/c1-59(2,3)39-40-24-26-41(27-25-40)43-30-31-64-53(35-43)45-32-44(33-47(34-45)61(7,8)9)49-22-19-23-55-56(49)65-58(51-37-48(62(10,11)12)38-52(57(51)67)63(13,14)15)66(55)54-29-28-46(60(4,5)6)36-50(54)42-20-17-16-18-21-42/h16-38,67H,39H2,1-15H3/i16D,17D,18D,20D,21D,39D2. The summed E-state index contributed by atoms with van der Waals surface area (Å²) >= 11 is 0. The number of pyridine rings is 1. The third-order valence-electron chi connectivity index (χ3n) is 12.5. The quantitative estimate of drug-likeness (QED) is 0.173. The van der Waals surface area contributed by atoms with E-state index in [1.807, 2.05) is 98.3 Å². The van der Waals surface area contributed by atoms with Crippen LogP contribution in [0.3, 0.4) is 0 Å². The highest BCUT2D eigenvalue weighted by Crippen LogP contribution is 2.46. The second-order valence-corrected chi connectivity index (χ2v) is 23.3. The highest BCUT2D eigenvalue weighted by molar-refractivity contribution is 5.98. The van der Waals surface area contributed by atoms with Gasteiger partial charge in [0.1, 0.15) is 11.6 Å². The average Bonchev–Trinajstić information content (AvgIpc) is 3.70. The molecule has 0 aliphatic carbocycles. The molecule has 0 aliphatic heterocycles. The fraction of sp³-hybridized carbons (Fsp3) is 0.333. The highest BCUT2D eigenvalue weighted by atomic mass is 16.3. The third kappa shape index (κ3) is 9.91. The number of phenols is 1. The monoisotopic (exact) mass is 893 g/mol. The van der Waals surface area contributed by atoms with E-state index < -0.39 is 35.3 Å². The molecule has 0 saturated carbocycles. The fourth-order valence-corrected chi connectivity index (χ4v) is 8.66. The maximum atomic E-state index is 12.6. The molecule has 0 saturated heterocycles. The molecule has 6 aromatic carbocycles. The Morgan fingerprint density at radius 2 is 1.16 bits per heavy atom. The Morgan fingerprint density at radius 3 is 1.79 bits per heavy atom. The molecular formula is C63H71N3O. The van der Waals surface area contributed by atoms with Crippen molar-refractivity contribution in [1.29, 1.82) is 0 Å². The summed E-state index contributed by atoms with van der Waals surface area (Å²) in [4.78, 5) is 10.5. The lowest BCUT2D eigenvalue weighted by molar-refractivity contribution is 0.411. The SMILES string of the molecule is [2H]c1c([2H])c([2H])c(-c2cc(C(C)(C)C)ccc2-n2c(-c3cc(C(C)(C)C)cc(C(C)(C)C)c3O)nc3c(-c4cc(-c5cc(-c6ccc(C([2H])([2H])C(C)(C)C)cc6)ccn5)cc(C(C)(C)C)c4)cccc32)c([2H])c1[2H]. The van der Waals surface area contributed by atoms with Crippen LogP contribution in [0.4, 0.5) is 0 Å². The number of aromatic hydroxyl groups is 1. The van der Waals surface area contributed by atoms with Crippen LogP contribution >= 0.6 is 0 Å². The van der Waals surface area contributed by atoms with Crippen molar-refractivity contribution >= 4 is 11.0 Å². The van der Waals surface area contributed by atoms with E-state index in [1.54, 1.807) is 0 Å². The number of phenolic OH excluding ortho intramolecular Hbond substituents is 1. The van der Waals surface area contributed by atoms with E-state index in [4.69, 9.17) is 16.8 Å². The van der Waals surface area contributed by atoms with E-state index in [1.165, 1.54) is 0 Å². The van der Waals surface area contributed by atoms with Gasteiger partial charge in [-0.25, -0.2) is 4.98 Å². The first kappa shape index (κ1) is 38.8. The van der Waals surface area contributed by atoms with Crippen LogP contribution in [-0.4, -0.2) is 19.6 Å². The van der Waals surface area contributed by atoms with Gasteiger partial charge in [0.05, 0.1) is 34.8 Å². The van der Waals surface area contributed by atoms with Crippen LogP contribution in [0.5, 0.6) is 5.75 Å². The van der Waals surface area contributed by atoms with Crippen molar-refractivity contribution in [3.63, 3.8) is 0 Å². The molecule has 344 valence electrons. The zero-order valence-corrected chi connectivity index (χ0v) is 42.2. The van der Waals surface area contributed by atoms with Crippen LogP contribution < -0.4 is 0 Å². The molecule has 0 radical (unpaired) electrons. The smallest absolute Gasteiger partial charge is 0.149 e. The van der Waals surface area contributed by atoms with Crippen LogP contribution in [0.1, 0.15) is 141 Å². The first-order valence-electron chi connectivity index (χ1n) is 27.0. The van der Waals surface area contributed by atoms with Crippen LogP contribution in [0.15, 0.2) is 140 Å². The molecule has 2 aromatic heterocycles. The fourth-order valence-electron chi connectivity index (χ4n) is 8.66. The minimum atomic E-state index is -1.52. The summed E-state index contributed by atoms with van der Waals surface area (Å²) in [6.07, 6.45) is 0.293. The van der Waals surface area contributed by atoms with Crippen LogP contribution in [-0.2, 0) is 28.0 Å². The third-order valence-corrected chi connectivity index (χ3v) is 12.5. The molecule has 0 fully saturated rings. The summed E-state index contributed by atoms with van der Waals surface area (Å²) in [5, 5.41) is 12.6. The van der Waals surface area contributed by atoms with Crippen molar-refractivity contribution in [2.24, 2.45) is 5.41 Å². The van der Waals surface area contributed by atoms with Crippen molar-refractivity contribution in [2.45, 2.75) is 132 Å². The van der Waals surface area contributed by atoms with Gasteiger partial charge in [-0.2, -0.15) is 0 Å². The molecule has 0 unspecified atom stereocenters. The molecule has 67 heavy (non-hydrogen) atoms. The van der Waals surface area contributed by atoms with Gasteiger partial charge in [0.25, 0.3) is 0 Å². The lowest BCUT2D eigenvalue weighted by atomic mass is 9.79. The molecule has 2 heterocycles. The number of rotatable bonds is 7. The summed E-state index contributed by atoms with van der Waals surface area (Å²) in [6, 6.07) is 32.4. The number of fused-ring (bicyclic) bond motifs is 1. The Hall–Kier alpha value is -6.26. The predicted octanol–water partition coefficient (Wildman–Crippen LogP) is 17.2. The van der Waals surface area contributed by atoms with Crippen molar-refractivity contribution in [2.75, 3.05) is 0 Å². The zero-order chi connectivity index (χ0) is 54.6. The lowest BCUT2D eigenvalue weighted by Gasteiger charge is -2.28. The predicted molar refractivity (Wildman–Crippen MR) is 286 cm³/mol.